The van der Waals surface area contributed by atoms with Crippen molar-refractivity contribution in [3.05, 3.63) is 66.1 Å². The second-order valence-corrected chi connectivity index (χ2v) is 5.83. The molecule has 3 aromatic rings. The van der Waals surface area contributed by atoms with Crippen LogP contribution in [0.5, 0.6) is 5.75 Å². The van der Waals surface area contributed by atoms with Gasteiger partial charge in [0.15, 0.2) is 0 Å². The van der Waals surface area contributed by atoms with Gasteiger partial charge in [0.25, 0.3) is 5.91 Å². The van der Waals surface area contributed by atoms with Crippen LogP contribution in [0.25, 0.3) is 5.65 Å². The number of aromatic nitrogens is 2. The highest BCUT2D eigenvalue weighted by molar-refractivity contribution is 5.94. The number of carbonyl (C=O) groups is 1. The summed E-state index contributed by atoms with van der Waals surface area (Å²) in [4.78, 5) is 16.5. The van der Waals surface area contributed by atoms with Crippen molar-refractivity contribution in [3.63, 3.8) is 0 Å². The first kappa shape index (κ1) is 14.7. The third kappa shape index (κ3) is 3.09. The Kier molecular flexibility index (Phi) is 3.88. The Morgan fingerprint density at radius 2 is 2.08 bits per heavy atom. The van der Waals surface area contributed by atoms with Gasteiger partial charge < -0.3 is 19.8 Å². The summed E-state index contributed by atoms with van der Waals surface area (Å²) in [5, 5.41) is 6.09. The summed E-state index contributed by atoms with van der Waals surface area (Å²) < 4.78 is 7.68. The van der Waals surface area contributed by atoms with Gasteiger partial charge in [0.2, 0.25) is 0 Å². The van der Waals surface area contributed by atoms with Gasteiger partial charge in [-0.15, -0.1) is 0 Å². The van der Waals surface area contributed by atoms with E-state index in [0.717, 1.165) is 30.0 Å². The van der Waals surface area contributed by atoms with Gasteiger partial charge in [-0.1, -0.05) is 0 Å². The third-order valence-corrected chi connectivity index (χ3v) is 4.08. The number of hydrogen-bond donors (Lipinski definition) is 2. The zero-order valence-corrected chi connectivity index (χ0v) is 13.1. The number of pyridine rings is 1. The molecule has 1 saturated heterocycles. The molecular formula is C18H18N4O2. The number of imidazole rings is 1. The van der Waals surface area contributed by atoms with E-state index in [1.165, 1.54) is 0 Å². The number of nitrogens with zero attached hydrogens (tertiary/aromatic N) is 2. The lowest BCUT2D eigenvalue weighted by Gasteiger charge is -2.27. The van der Waals surface area contributed by atoms with E-state index in [2.05, 4.69) is 15.6 Å². The van der Waals surface area contributed by atoms with Crippen LogP contribution in [0.15, 0.2) is 55.0 Å². The van der Waals surface area contributed by atoms with E-state index < -0.39 is 0 Å². The normalized spacial score (nSPS) is 14.3. The molecular weight excluding hydrogens is 304 g/mol. The van der Waals surface area contributed by atoms with E-state index in [-0.39, 0.29) is 12.0 Å². The SMILES string of the molecule is O=C(NCc1ccn2ccnc2c1)c1ccc(OC2CNC2)cc1. The summed E-state index contributed by atoms with van der Waals surface area (Å²) in [7, 11) is 0. The van der Waals surface area contributed by atoms with Crippen LogP contribution in [0.1, 0.15) is 15.9 Å². The fourth-order valence-electron chi connectivity index (χ4n) is 2.57. The topological polar surface area (TPSA) is 67.7 Å². The molecule has 0 aliphatic carbocycles. The van der Waals surface area contributed by atoms with E-state index in [1.54, 1.807) is 18.3 Å². The van der Waals surface area contributed by atoms with Crippen molar-refractivity contribution in [1.29, 1.82) is 0 Å². The summed E-state index contributed by atoms with van der Waals surface area (Å²) in [6, 6.07) is 11.2. The molecule has 1 amide bonds. The second-order valence-electron chi connectivity index (χ2n) is 5.83. The average Bonchev–Trinajstić information content (AvgIpc) is 3.04. The number of benzene rings is 1. The molecule has 1 fully saturated rings. The lowest BCUT2D eigenvalue weighted by Crippen LogP contribution is -2.50. The molecule has 6 heteroatoms. The van der Waals surface area contributed by atoms with Crippen LogP contribution in [0.4, 0.5) is 0 Å². The smallest absolute Gasteiger partial charge is 0.251 e. The predicted octanol–water partition coefficient (Wildman–Crippen LogP) is 1.61. The third-order valence-electron chi connectivity index (χ3n) is 4.08. The Hall–Kier alpha value is -2.86. The first-order chi connectivity index (χ1) is 11.8. The van der Waals surface area contributed by atoms with Gasteiger partial charge in [-0.3, -0.25) is 4.79 Å². The molecule has 0 bridgehead atoms. The molecule has 3 heterocycles. The van der Waals surface area contributed by atoms with Crippen LogP contribution >= 0.6 is 0 Å². The highest BCUT2D eigenvalue weighted by Gasteiger charge is 2.18. The molecule has 1 aliphatic heterocycles. The van der Waals surface area contributed by atoms with E-state index in [9.17, 15) is 4.79 Å². The monoisotopic (exact) mass is 322 g/mol. The van der Waals surface area contributed by atoms with Gasteiger partial charge in [0, 0.05) is 43.8 Å². The molecule has 122 valence electrons. The highest BCUT2D eigenvalue weighted by Crippen LogP contribution is 2.15. The van der Waals surface area contributed by atoms with Crippen molar-refractivity contribution in [2.45, 2.75) is 12.6 Å². The van der Waals surface area contributed by atoms with Gasteiger partial charge in [-0.25, -0.2) is 4.98 Å². The maximum absolute atomic E-state index is 12.2. The van der Waals surface area contributed by atoms with Gasteiger partial charge in [0.1, 0.15) is 17.5 Å². The summed E-state index contributed by atoms with van der Waals surface area (Å²) in [5.74, 6) is 0.692. The lowest BCUT2D eigenvalue weighted by atomic mass is 10.2. The first-order valence-electron chi connectivity index (χ1n) is 7.95. The van der Waals surface area contributed by atoms with Crippen molar-refractivity contribution in [2.75, 3.05) is 13.1 Å². The summed E-state index contributed by atoms with van der Waals surface area (Å²) in [5.41, 5.74) is 2.50. The predicted molar refractivity (Wildman–Crippen MR) is 90.1 cm³/mol. The second kappa shape index (κ2) is 6.33. The zero-order chi connectivity index (χ0) is 16.4. The molecule has 6 nitrogen and oxygen atoms in total. The fraction of sp³-hybridized carbons (Fsp3) is 0.222. The Morgan fingerprint density at radius 3 is 2.83 bits per heavy atom. The molecule has 0 spiro atoms. The molecule has 1 aliphatic rings. The maximum Gasteiger partial charge on any atom is 0.251 e. The van der Waals surface area contributed by atoms with Gasteiger partial charge in [0.05, 0.1) is 0 Å². The molecule has 0 unspecified atom stereocenters. The molecule has 2 aromatic heterocycles. The minimum absolute atomic E-state index is 0.102. The molecule has 0 atom stereocenters. The van der Waals surface area contributed by atoms with Crippen LogP contribution < -0.4 is 15.4 Å². The summed E-state index contributed by atoms with van der Waals surface area (Å²) in [6.45, 7) is 2.22. The molecule has 0 radical (unpaired) electrons. The summed E-state index contributed by atoms with van der Waals surface area (Å²) in [6.07, 6.45) is 5.81. The molecule has 4 rings (SSSR count). The van der Waals surface area contributed by atoms with E-state index >= 15 is 0 Å². The van der Waals surface area contributed by atoms with Crippen molar-refractivity contribution in [2.24, 2.45) is 0 Å². The number of nitrogens with one attached hydrogen (secondary N) is 2. The van der Waals surface area contributed by atoms with E-state index in [1.807, 2.05) is 41.1 Å². The van der Waals surface area contributed by atoms with Crippen molar-refractivity contribution < 1.29 is 9.53 Å². The average molecular weight is 322 g/mol. The molecule has 0 saturated carbocycles. The first-order valence-corrected chi connectivity index (χ1v) is 7.95. The minimum atomic E-state index is -0.102. The maximum atomic E-state index is 12.2. The van der Waals surface area contributed by atoms with Crippen LogP contribution in [0.3, 0.4) is 0 Å². The highest BCUT2D eigenvalue weighted by atomic mass is 16.5. The van der Waals surface area contributed by atoms with Crippen LogP contribution in [-0.2, 0) is 6.54 Å². The number of carbonyl (C=O) groups excluding carboxylic acids is 1. The van der Waals surface area contributed by atoms with Crippen LogP contribution in [0.2, 0.25) is 0 Å². The molecule has 1 aromatic carbocycles. The van der Waals surface area contributed by atoms with Crippen LogP contribution in [0, 0.1) is 0 Å². The van der Waals surface area contributed by atoms with Gasteiger partial charge in [-0.05, 0) is 42.0 Å². The van der Waals surface area contributed by atoms with E-state index in [4.69, 9.17) is 4.74 Å². The Labute approximate surface area is 139 Å². The number of hydrogen-bond acceptors (Lipinski definition) is 4. The van der Waals surface area contributed by atoms with Crippen molar-refractivity contribution in [3.8, 4) is 5.75 Å². The standard InChI is InChI=1S/C18H18N4O2/c23-18(14-1-3-15(4-2-14)24-16-11-19-12-16)21-10-13-5-7-22-8-6-20-17(22)9-13/h1-9,16,19H,10-12H2,(H,21,23). The van der Waals surface area contributed by atoms with Crippen molar-refractivity contribution in [1.82, 2.24) is 20.0 Å². The minimum Gasteiger partial charge on any atom is -0.488 e. The number of amides is 1. The van der Waals surface area contributed by atoms with Gasteiger partial charge in [-0.2, -0.15) is 0 Å². The van der Waals surface area contributed by atoms with Gasteiger partial charge >= 0.3 is 0 Å². The Morgan fingerprint density at radius 1 is 1.25 bits per heavy atom. The molecule has 24 heavy (non-hydrogen) atoms. The van der Waals surface area contributed by atoms with Crippen molar-refractivity contribution >= 4 is 11.6 Å². The number of fused-ring (bicyclic) bond motifs is 1. The zero-order valence-electron chi connectivity index (χ0n) is 13.1. The number of ether oxygens (including phenoxy) is 1. The largest absolute Gasteiger partial charge is 0.488 e. The van der Waals surface area contributed by atoms with Crippen LogP contribution in [-0.4, -0.2) is 34.5 Å². The Bertz CT molecular complexity index is 853. The summed E-state index contributed by atoms with van der Waals surface area (Å²) >= 11 is 0. The fourth-order valence-corrected chi connectivity index (χ4v) is 2.57. The number of rotatable bonds is 5. The lowest BCUT2D eigenvalue weighted by molar-refractivity contribution is 0.0950. The Balaban J connectivity index is 1.36. The molecule has 2 N–H and O–H groups in total. The quantitative estimate of drug-likeness (QED) is 0.749. The van der Waals surface area contributed by atoms with E-state index in [0.29, 0.717) is 12.1 Å².